The average molecular weight is 522 g/mol. The van der Waals surface area contributed by atoms with Gasteiger partial charge in [-0.1, -0.05) is 42.5 Å². The smallest absolute Gasteiger partial charge is 0.251 e. The molecule has 1 aromatic heterocycles. The van der Waals surface area contributed by atoms with Crippen molar-refractivity contribution in [3.63, 3.8) is 0 Å². The molecular weight excluding hydrogens is 486 g/mol. The van der Waals surface area contributed by atoms with Crippen LogP contribution in [0.5, 0.6) is 5.75 Å². The number of amides is 1. The van der Waals surface area contributed by atoms with Crippen LogP contribution in [-0.4, -0.2) is 77.2 Å². The number of hydrogen-bond donors (Lipinski definition) is 1. The molecule has 1 amide bonds. The summed E-state index contributed by atoms with van der Waals surface area (Å²) in [6, 6.07) is 24.6. The minimum absolute atomic E-state index is 0.0201. The molecule has 1 aliphatic carbocycles. The fraction of sp³-hybridized carbons (Fsp3) is 0.312. The first kappa shape index (κ1) is 25.3. The third kappa shape index (κ3) is 6.56. The average Bonchev–Trinajstić information content (AvgIpc) is 3.69. The summed E-state index contributed by atoms with van der Waals surface area (Å²) >= 11 is 0. The Morgan fingerprint density at radius 3 is 2.49 bits per heavy atom. The highest BCUT2D eigenvalue weighted by molar-refractivity contribution is 5.97. The molecule has 4 aromatic rings. The monoisotopic (exact) mass is 521 g/mol. The van der Waals surface area contributed by atoms with Crippen LogP contribution in [0, 0.1) is 0 Å². The van der Waals surface area contributed by atoms with E-state index in [1.165, 1.54) is 5.56 Å². The van der Waals surface area contributed by atoms with Gasteiger partial charge in [-0.05, 0) is 60.9 Å². The second-order valence-electron chi connectivity index (χ2n) is 10.4. The zero-order valence-electron chi connectivity index (χ0n) is 22.2. The van der Waals surface area contributed by atoms with E-state index in [0.717, 1.165) is 74.6 Å². The van der Waals surface area contributed by atoms with Gasteiger partial charge in [0.05, 0.1) is 11.0 Å². The van der Waals surface area contributed by atoms with Gasteiger partial charge in [0.15, 0.2) is 0 Å². The lowest BCUT2D eigenvalue weighted by molar-refractivity contribution is 0.0951. The number of hydrogen-bond acceptors (Lipinski definition) is 5. The van der Waals surface area contributed by atoms with Crippen LogP contribution >= 0.6 is 0 Å². The largest absolute Gasteiger partial charge is 0.492 e. The maximum atomic E-state index is 12.4. The molecule has 1 saturated carbocycles. The van der Waals surface area contributed by atoms with Gasteiger partial charge in [-0.15, -0.1) is 0 Å². The minimum Gasteiger partial charge on any atom is -0.492 e. The van der Waals surface area contributed by atoms with E-state index in [1.807, 2.05) is 53.1 Å². The first-order valence-corrected chi connectivity index (χ1v) is 13.9. The molecule has 1 saturated heterocycles. The summed E-state index contributed by atoms with van der Waals surface area (Å²) in [5, 5.41) is 3.04. The fourth-order valence-electron chi connectivity index (χ4n) is 4.95. The van der Waals surface area contributed by atoms with Gasteiger partial charge in [0.1, 0.15) is 18.7 Å². The van der Waals surface area contributed by atoms with Gasteiger partial charge >= 0.3 is 0 Å². The highest BCUT2D eigenvalue weighted by Gasteiger charge is 2.24. The maximum Gasteiger partial charge on any atom is 0.251 e. The molecule has 0 spiro atoms. The van der Waals surface area contributed by atoms with E-state index in [2.05, 4.69) is 56.5 Å². The Labute approximate surface area is 229 Å². The maximum absolute atomic E-state index is 12.4. The van der Waals surface area contributed by atoms with Gasteiger partial charge in [-0.3, -0.25) is 19.2 Å². The molecule has 1 N–H and O–H groups in total. The normalized spacial score (nSPS) is 16.6. The third-order valence-corrected chi connectivity index (χ3v) is 7.45. The second-order valence-corrected chi connectivity index (χ2v) is 10.4. The van der Waals surface area contributed by atoms with Gasteiger partial charge in [0.2, 0.25) is 0 Å². The summed E-state index contributed by atoms with van der Waals surface area (Å²) in [6.07, 6.45) is 8.42. The molecule has 0 bridgehead atoms. The van der Waals surface area contributed by atoms with Gasteiger partial charge < -0.3 is 10.1 Å². The molecule has 39 heavy (non-hydrogen) atoms. The van der Waals surface area contributed by atoms with Crippen LogP contribution < -0.4 is 10.1 Å². The van der Waals surface area contributed by atoms with Crippen molar-refractivity contribution in [2.24, 2.45) is 0 Å². The number of nitrogens with zero attached hydrogens (tertiary/aromatic N) is 4. The summed E-state index contributed by atoms with van der Waals surface area (Å²) in [7, 11) is 0. The summed E-state index contributed by atoms with van der Waals surface area (Å²) in [6.45, 7) is 6.90. The topological polar surface area (TPSA) is 62.6 Å². The molecule has 2 aliphatic rings. The lowest BCUT2D eigenvalue weighted by Crippen LogP contribution is -2.47. The number of carbonyl (C=O) groups is 1. The SMILES string of the molecule is O=C(NC1CC1)c1ccc2c(c1)ncn2-c1ccc(OCCN2CCN(CC=Cc3ccccc3)CC2)cc1. The van der Waals surface area contributed by atoms with Crippen molar-refractivity contribution in [2.75, 3.05) is 45.9 Å². The number of carbonyl (C=O) groups excluding carboxylic acids is 1. The quantitative estimate of drug-likeness (QED) is 0.330. The van der Waals surface area contributed by atoms with E-state index in [0.29, 0.717) is 18.2 Å². The molecule has 200 valence electrons. The van der Waals surface area contributed by atoms with Gasteiger partial charge in [0, 0.05) is 56.6 Å². The van der Waals surface area contributed by atoms with E-state index in [1.54, 1.807) is 6.33 Å². The lowest BCUT2D eigenvalue weighted by atomic mass is 10.2. The van der Waals surface area contributed by atoms with Crippen molar-refractivity contribution in [2.45, 2.75) is 18.9 Å². The summed E-state index contributed by atoms with van der Waals surface area (Å²) in [5.41, 5.74) is 4.71. The molecule has 0 radical (unpaired) electrons. The number of rotatable bonds is 10. The number of imidazole rings is 1. The van der Waals surface area contributed by atoms with Crippen LogP contribution in [0.15, 0.2) is 85.2 Å². The van der Waals surface area contributed by atoms with Crippen LogP contribution in [0.4, 0.5) is 0 Å². The van der Waals surface area contributed by atoms with Crippen LogP contribution in [0.3, 0.4) is 0 Å². The molecule has 2 heterocycles. The molecule has 6 rings (SSSR count). The molecule has 3 aromatic carbocycles. The Bertz CT molecular complexity index is 1420. The summed E-state index contributed by atoms with van der Waals surface area (Å²) in [5.74, 6) is 0.847. The number of ether oxygens (including phenoxy) is 1. The number of piperazine rings is 1. The van der Waals surface area contributed by atoms with Crippen molar-refractivity contribution in [3.05, 3.63) is 96.3 Å². The Kier molecular flexibility index (Phi) is 7.70. The van der Waals surface area contributed by atoms with Crippen molar-refractivity contribution >= 4 is 23.0 Å². The Balaban J connectivity index is 0.954. The van der Waals surface area contributed by atoms with E-state index >= 15 is 0 Å². The molecule has 7 nitrogen and oxygen atoms in total. The standard InChI is InChI=1S/C32H35N5O2/c38-32(34-27-9-10-27)26-8-15-31-30(23-26)33-24-37(31)28-11-13-29(14-12-28)39-22-21-36-19-17-35(18-20-36)16-4-7-25-5-2-1-3-6-25/h1-8,11-15,23-24,27H,9-10,16-22H2,(H,34,38). The molecule has 7 heteroatoms. The predicted octanol–water partition coefficient (Wildman–Crippen LogP) is 4.63. The van der Waals surface area contributed by atoms with Crippen molar-refractivity contribution in [1.29, 1.82) is 0 Å². The third-order valence-electron chi connectivity index (χ3n) is 7.45. The Morgan fingerprint density at radius 2 is 1.72 bits per heavy atom. The van der Waals surface area contributed by atoms with Crippen LogP contribution in [0.2, 0.25) is 0 Å². The first-order chi connectivity index (χ1) is 19.2. The summed E-state index contributed by atoms with van der Waals surface area (Å²) in [4.78, 5) is 21.9. The van der Waals surface area contributed by atoms with E-state index in [9.17, 15) is 4.79 Å². The van der Waals surface area contributed by atoms with Gasteiger partial charge in [0.25, 0.3) is 5.91 Å². The summed E-state index contributed by atoms with van der Waals surface area (Å²) < 4.78 is 8.09. The highest BCUT2D eigenvalue weighted by atomic mass is 16.5. The van der Waals surface area contributed by atoms with Crippen LogP contribution in [0.1, 0.15) is 28.8 Å². The van der Waals surface area contributed by atoms with Crippen molar-refractivity contribution in [3.8, 4) is 11.4 Å². The minimum atomic E-state index is -0.0201. The fourth-order valence-corrected chi connectivity index (χ4v) is 4.95. The number of fused-ring (bicyclic) bond motifs is 1. The van der Waals surface area contributed by atoms with Gasteiger partial charge in [-0.25, -0.2) is 4.98 Å². The zero-order chi connectivity index (χ0) is 26.4. The van der Waals surface area contributed by atoms with E-state index in [-0.39, 0.29) is 5.91 Å². The first-order valence-electron chi connectivity index (χ1n) is 13.9. The Hall–Kier alpha value is -3.94. The van der Waals surface area contributed by atoms with E-state index in [4.69, 9.17) is 4.74 Å². The van der Waals surface area contributed by atoms with E-state index < -0.39 is 0 Å². The number of benzene rings is 3. The molecule has 0 unspecified atom stereocenters. The van der Waals surface area contributed by atoms with Crippen molar-refractivity contribution < 1.29 is 9.53 Å². The molecular formula is C32H35N5O2. The number of nitrogens with one attached hydrogen (secondary N) is 1. The number of aromatic nitrogens is 2. The highest BCUT2D eigenvalue weighted by Crippen LogP contribution is 2.23. The Morgan fingerprint density at radius 1 is 0.949 bits per heavy atom. The van der Waals surface area contributed by atoms with Gasteiger partial charge in [-0.2, -0.15) is 0 Å². The zero-order valence-corrected chi connectivity index (χ0v) is 22.2. The van der Waals surface area contributed by atoms with Crippen LogP contribution in [-0.2, 0) is 0 Å². The van der Waals surface area contributed by atoms with Crippen molar-refractivity contribution in [1.82, 2.24) is 24.7 Å². The molecule has 1 aliphatic heterocycles. The molecule has 0 atom stereocenters. The second kappa shape index (κ2) is 11.8. The molecule has 2 fully saturated rings. The lowest BCUT2D eigenvalue weighted by Gasteiger charge is -2.34. The van der Waals surface area contributed by atoms with Crippen LogP contribution in [0.25, 0.3) is 22.8 Å². The predicted molar refractivity (Wildman–Crippen MR) is 155 cm³/mol.